The van der Waals surface area contributed by atoms with Gasteiger partial charge in [-0.3, -0.25) is 0 Å². The van der Waals surface area contributed by atoms with Gasteiger partial charge in [0.05, 0.1) is 12.5 Å². The molecule has 0 fully saturated rings. The van der Waals surface area contributed by atoms with Crippen molar-refractivity contribution in [1.82, 2.24) is 0 Å². The summed E-state index contributed by atoms with van der Waals surface area (Å²) in [4.78, 5) is 0. The Morgan fingerprint density at radius 2 is 1.86 bits per heavy atom. The number of anilines is 1. The lowest BCUT2D eigenvalue weighted by atomic mass is 10.1. The minimum atomic E-state index is 0.209. The van der Waals surface area contributed by atoms with Gasteiger partial charge in [-0.2, -0.15) is 5.26 Å². The molecule has 0 aliphatic rings. The summed E-state index contributed by atoms with van der Waals surface area (Å²) in [6.45, 7) is 6.17. The monoisotopic (exact) mass is 188 g/mol. The fourth-order valence-corrected chi connectivity index (χ4v) is 1.53. The van der Waals surface area contributed by atoms with E-state index in [9.17, 15) is 0 Å². The van der Waals surface area contributed by atoms with Gasteiger partial charge in [-0.25, -0.2) is 0 Å². The maximum Gasteiger partial charge on any atom is 0.0643 e. The van der Waals surface area contributed by atoms with Crippen molar-refractivity contribution in [3.05, 3.63) is 29.3 Å². The average molecular weight is 188 g/mol. The summed E-state index contributed by atoms with van der Waals surface area (Å²) in [7, 11) is 0. The lowest BCUT2D eigenvalue weighted by Gasteiger charge is -2.13. The van der Waals surface area contributed by atoms with E-state index < -0.39 is 0 Å². The van der Waals surface area contributed by atoms with Gasteiger partial charge in [0.25, 0.3) is 0 Å². The van der Waals surface area contributed by atoms with Crippen molar-refractivity contribution in [1.29, 1.82) is 5.26 Å². The van der Waals surface area contributed by atoms with E-state index in [1.54, 1.807) is 0 Å². The third-order valence-corrected chi connectivity index (χ3v) is 2.03. The quantitative estimate of drug-likeness (QED) is 0.791. The van der Waals surface area contributed by atoms with E-state index in [-0.39, 0.29) is 6.04 Å². The maximum atomic E-state index is 8.53. The number of nitrogens with zero attached hydrogens (tertiary/aromatic N) is 1. The molecule has 0 aliphatic heterocycles. The number of aryl methyl sites for hydroxylation is 2. The molecule has 0 saturated carbocycles. The Hall–Kier alpha value is -1.49. The minimum Gasteiger partial charge on any atom is -0.382 e. The molecular weight excluding hydrogens is 172 g/mol. The molecule has 2 nitrogen and oxygen atoms in total. The first-order valence-electron chi connectivity index (χ1n) is 4.83. The molecule has 1 unspecified atom stereocenters. The van der Waals surface area contributed by atoms with Gasteiger partial charge in [0.15, 0.2) is 0 Å². The van der Waals surface area contributed by atoms with Crippen molar-refractivity contribution in [2.45, 2.75) is 33.2 Å². The SMILES string of the molecule is Cc1cc(C)cc(NC(C)CC#N)c1. The number of hydrogen-bond donors (Lipinski definition) is 1. The summed E-state index contributed by atoms with van der Waals surface area (Å²) in [5.74, 6) is 0. The number of hydrogen-bond acceptors (Lipinski definition) is 2. The predicted molar refractivity (Wildman–Crippen MR) is 59.2 cm³/mol. The van der Waals surface area contributed by atoms with Crippen LogP contribution in [-0.2, 0) is 0 Å². The highest BCUT2D eigenvalue weighted by Gasteiger charge is 2.01. The fraction of sp³-hybridized carbons (Fsp3) is 0.417. The molecule has 1 N–H and O–H groups in total. The van der Waals surface area contributed by atoms with Crippen LogP contribution in [0.2, 0.25) is 0 Å². The largest absolute Gasteiger partial charge is 0.382 e. The van der Waals surface area contributed by atoms with Crippen LogP contribution in [-0.4, -0.2) is 6.04 Å². The second-order valence-corrected chi connectivity index (χ2v) is 3.78. The zero-order valence-corrected chi connectivity index (χ0v) is 8.96. The van der Waals surface area contributed by atoms with Crippen LogP contribution in [0.4, 0.5) is 5.69 Å². The van der Waals surface area contributed by atoms with Crippen molar-refractivity contribution in [2.75, 3.05) is 5.32 Å². The predicted octanol–water partition coefficient (Wildman–Crippen LogP) is 3.02. The molecule has 0 aliphatic carbocycles. The first kappa shape index (κ1) is 10.6. The van der Waals surface area contributed by atoms with Gasteiger partial charge in [0, 0.05) is 11.7 Å². The van der Waals surface area contributed by atoms with Gasteiger partial charge in [-0.05, 0) is 44.0 Å². The maximum absolute atomic E-state index is 8.53. The van der Waals surface area contributed by atoms with Gasteiger partial charge in [-0.15, -0.1) is 0 Å². The first-order chi connectivity index (χ1) is 6.61. The summed E-state index contributed by atoms with van der Waals surface area (Å²) in [5.41, 5.74) is 3.60. The highest BCUT2D eigenvalue weighted by Crippen LogP contribution is 2.15. The summed E-state index contributed by atoms with van der Waals surface area (Å²) in [5, 5.41) is 11.8. The first-order valence-corrected chi connectivity index (χ1v) is 4.83. The van der Waals surface area contributed by atoms with E-state index in [0.29, 0.717) is 6.42 Å². The molecular formula is C12H16N2. The Kier molecular flexibility index (Phi) is 3.53. The van der Waals surface area contributed by atoms with E-state index in [1.165, 1.54) is 11.1 Å². The second kappa shape index (κ2) is 4.66. The van der Waals surface area contributed by atoms with Crippen LogP contribution in [0.5, 0.6) is 0 Å². The molecule has 0 heterocycles. The van der Waals surface area contributed by atoms with E-state index in [0.717, 1.165) is 5.69 Å². The molecule has 1 atom stereocenters. The summed E-state index contributed by atoms with van der Waals surface area (Å²) in [6.07, 6.45) is 0.535. The molecule has 0 bridgehead atoms. The van der Waals surface area contributed by atoms with E-state index in [2.05, 4.69) is 43.4 Å². The van der Waals surface area contributed by atoms with Crippen molar-refractivity contribution in [3.8, 4) is 6.07 Å². The Balaban J connectivity index is 2.72. The Labute approximate surface area is 85.6 Å². The molecule has 0 amide bonds. The molecule has 2 heteroatoms. The second-order valence-electron chi connectivity index (χ2n) is 3.78. The lowest BCUT2D eigenvalue weighted by molar-refractivity contribution is 0.821. The molecule has 0 spiro atoms. The molecule has 1 aromatic carbocycles. The van der Waals surface area contributed by atoms with Gasteiger partial charge in [0.1, 0.15) is 0 Å². The molecule has 0 aromatic heterocycles. The summed E-state index contributed by atoms with van der Waals surface area (Å²) < 4.78 is 0. The molecule has 0 radical (unpaired) electrons. The number of nitriles is 1. The lowest BCUT2D eigenvalue weighted by Crippen LogP contribution is -2.14. The van der Waals surface area contributed by atoms with Gasteiger partial charge in [0.2, 0.25) is 0 Å². The third-order valence-electron chi connectivity index (χ3n) is 2.03. The van der Waals surface area contributed by atoms with Gasteiger partial charge < -0.3 is 5.32 Å². The highest BCUT2D eigenvalue weighted by molar-refractivity contribution is 5.49. The zero-order valence-electron chi connectivity index (χ0n) is 8.96. The van der Waals surface area contributed by atoms with Crippen LogP contribution in [0.25, 0.3) is 0 Å². The molecule has 1 rings (SSSR count). The van der Waals surface area contributed by atoms with Crippen LogP contribution in [0.1, 0.15) is 24.5 Å². The zero-order chi connectivity index (χ0) is 10.6. The normalized spacial score (nSPS) is 11.9. The van der Waals surface area contributed by atoms with E-state index in [4.69, 9.17) is 5.26 Å². The van der Waals surface area contributed by atoms with Gasteiger partial charge in [-0.1, -0.05) is 6.07 Å². The van der Waals surface area contributed by atoms with Gasteiger partial charge >= 0.3 is 0 Å². The Morgan fingerprint density at radius 3 is 2.36 bits per heavy atom. The van der Waals surface area contributed by atoms with Crippen LogP contribution in [0.3, 0.4) is 0 Å². The third kappa shape index (κ3) is 3.10. The van der Waals surface area contributed by atoms with E-state index >= 15 is 0 Å². The molecule has 1 aromatic rings. The van der Waals surface area contributed by atoms with E-state index in [1.807, 2.05) is 6.92 Å². The topological polar surface area (TPSA) is 35.8 Å². The Bertz CT molecular complexity index is 330. The van der Waals surface area contributed by atoms with Crippen molar-refractivity contribution >= 4 is 5.69 Å². The fourth-order valence-electron chi connectivity index (χ4n) is 1.53. The standard InChI is InChI=1S/C12H16N2/c1-9-6-10(2)8-12(7-9)14-11(3)4-5-13/h6-8,11,14H,4H2,1-3H3. The Morgan fingerprint density at radius 1 is 1.29 bits per heavy atom. The number of rotatable bonds is 3. The van der Waals surface area contributed by atoms with Crippen LogP contribution < -0.4 is 5.32 Å². The molecule has 74 valence electrons. The average Bonchev–Trinajstić information content (AvgIpc) is 2.01. The van der Waals surface area contributed by atoms with Crippen LogP contribution in [0, 0.1) is 25.2 Å². The minimum absolute atomic E-state index is 0.209. The van der Waals surface area contributed by atoms with Crippen molar-refractivity contribution in [3.63, 3.8) is 0 Å². The molecule has 0 saturated heterocycles. The van der Waals surface area contributed by atoms with Crippen molar-refractivity contribution < 1.29 is 0 Å². The number of nitrogens with one attached hydrogen (secondary N) is 1. The van der Waals surface area contributed by atoms with Crippen molar-refractivity contribution in [2.24, 2.45) is 0 Å². The smallest absolute Gasteiger partial charge is 0.0643 e. The van der Waals surface area contributed by atoms with Crippen LogP contribution in [0.15, 0.2) is 18.2 Å². The van der Waals surface area contributed by atoms with Crippen LogP contribution >= 0.6 is 0 Å². The summed E-state index contributed by atoms with van der Waals surface area (Å²) >= 11 is 0. The summed E-state index contributed by atoms with van der Waals surface area (Å²) in [6, 6.07) is 8.70. The number of benzene rings is 1. The molecule has 14 heavy (non-hydrogen) atoms. The highest BCUT2D eigenvalue weighted by atomic mass is 14.9.